The van der Waals surface area contributed by atoms with Gasteiger partial charge in [0.25, 0.3) is 0 Å². The molecule has 10 heavy (non-hydrogen) atoms. The van der Waals surface area contributed by atoms with Crippen LogP contribution in [-0.4, -0.2) is 17.4 Å². The highest BCUT2D eigenvalue weighted by atomic mass is 16.7. The molecule has 0 spiro atoms. The van der Waals surface area contributed by atoms with Gasteiger partial charge in [0.05, 0.1) is 0 Å². The van der Waals surface area contributed by atoms with Gasteiger partial charge >= 0.3 is 6.16 Å². The molecule has 0 rings (SSSR count). The first-order chi connectivity index (χ1) is 4.70. The van der Waals surface area contributed by atoms with E-state index in [1.165, 1.54) is 0 Å². The quantitative estimate of drug-likeness (QED) is 0.479. The second-order valence-corrected chi connectivity index (χ2v) is 1.83. The van der Waals surface area contributed by atoms with Crippen LogP contribution in [0, 0.1) is 12.3 Å². The van der Waals surface area contributed by atoms with Gasteiger partial charge < -0.3 is 9.84 Å². The fourth-order valence-corrected chi connectivity index (χ4v) is 0.560. The molecule has 0 radical (unpaired) electrons. The van der Waals surface area contributed by atoms with E-state index in [-0.39, 0.29) is 0 Å². The lowest BCUT2D eigenvalue weighted by molar-refractivity contribution is 0.0693. The summed E-state index contributed by atoms with van der Waals surface area (Å²) in [5.74, 6) is 2.23. The van der Waals surface area contributed by atoms with E-state index >= 15 is 0 Å². The van der Waals surface area contributed by atoms with E-state index in [1.807, 2.05) is 6.92 Å². The highest BCUT2D eigenvalue weighted by Gasteiger charge is 2.07. The van der Waals surface area contributed by atoms with E-state index in [4.69, 9.17) is 11.5 Å². The minimum absolute atomic E-state index is 0.581. The molecular formula is C7H10O3. The molecule has 0 saturated carbocycles. The minimum atomic E-state index is -1.31. The third-order valence-corrected chi connectivity index (χ3v) is 0.980. The molecule has 0 bridgehead atoms. The maximum atomic E-state index is 9.93. The van der Waals surface area contributed by atoms with Crippen LogP contribution in [0.2, 0.25) is 0 Å². The number of hydrogen-bond donors (Lipinski definition) is 1. The van der Waals surface area contributed by atoms with Gasteiger partial charge in [-0.1, -0.05) is 19.3 Å². The normalized spacial score (nSPS) is 11.6. The molecule has 0 saturated heterocycles. The molecule has 0 fully saturated rings. The summed E-state index contributed by atoms with van der Waals surface area (Å²) in [6, 6.07) is 0. The molecule has 1 atom stereocenters. The lowest BCUT2D eigenvalue weighted by Crippen LogP contribution is -2.13. The number of ether oxygens (including phenoxy) is 1. The molecule has 1 unspecified atom stereocenters. The van der Waals surface area contributed by atoms with Gasteiger partial charge in [-0.15, -0.1) is 6.42 Å². The summed E-state index contributed by atoms with van der Waals surface area (Å²) in [6.45, 7) is 1.91. The smallest absolute Gasteiger partial charge is 0.450 e. The van der Waals surface area contributed by atoms with Crippen LogP contribution in [0.25, 0.3) is 0 Å². The lowest BCUT2D eigenvalue weighted by Gasteiger charge is -2.06. The second-order valence-electron chi connectivity index (χ2n) is 1.83. The van der Waals surface area contributed by atoms with Crippen molar-refractivity contribution in [1.29, 1.82) is 0 Å². The van der Waals surface area contributed by atoms with Crippen molar-refractivity contribution in [2.45, 2.75) is 25.9 Å². The van der Waals surface area contributed by atoms with E-state index in [9.17, 15) is 4.79 Å². The molecular weight excluding hydrogens is 132 g/mol. The zero-order valence-corrected chi connectivity index (χ0v) is 5.83. The average molecular weight is 142 g/mol. The fraction of sp³-hybridized carbons (Fsp3) is 0.571. The van der Waals surface area contributed by atoms with E-state index < -0.39 is 12.3 Å². The topological polar surface area (TPSA) is 46.5 Å². The first-order valence-corrected chi connectivity index (χ1v) is 3.06. The van der Waals surface area contributed by atoms with Gasteiger partial charge in [0.1, 0.15) is 0 Å². The summed E-state index contributed by atoms with van der Waals surface area (Å²) in [5, 5.41) is 8.12. The van der Waals surface area contributed by atoms with Gasteiger partial charge in [-0.2, -0.15) is 0 Å². The van der Waals surface area contributed by atoms with Gasteiger partial charge in [0.15, 0.2) is 6.10 Å². The minimum Gasteiger partial charge on any atom is -0.450 e. The molecule has 0 aliphatic heterocycles. The number of carbonyl (C=O) groups is 1. The van der Waals surface area contributed by atoms with Crippen LogP contribution in [0.1, 0.15) is 19.8 Å². The summed E-state index contributed by atoms with van der Waals surface area (Å²) in [6.07, 6.45) is 4.49. The van der Waals surface area contributed by atoms with Crippen LogP contribution in [0.4, 0.5) is 4.79 Å². The zero-order chi connectivity index (χ0) is 7.98. The Balaban J connectivity index is 3.63. The Morgan fingerprint density at radius 3 is 2.80 bits per heavy atom. The Hall–Kier alpha value is -1.17. The van der Waals surface area contributed by atoms with Crippen molar-refractivity contribution in [3.8, 4) is 12.3 Å². The van der Waals surface area contributed by atoms with E-state index in [0.29, 0.717) is 6.42 Å². The Morgan fingerprint density at radius 2 is 2.50 bits per heavy atom. The third kappa shape index (κ3) is 3.79. The summed E-state index contributed by atoms with van der Waals surface area (Å²) in [5.41, 5.74) is 0. The maximum Gasteiger partial charge on any atom is 0.507 e. The maximum absolute atomic E-state index is 9.93. The zero-order valence-electron chi connectivity index (χ0n) is 5.83. The third-order valence-electron chi connectivity index (χ3n) is 0.980. The van der Waals surface area contributed by atoms with Gasteiger partial charge in [-0.05, 0) is 6.42 Å². The van der Waals surface area contributed by atoms with Crippen molar-refractivity contribution >= 4 is 6.16 Å². The van der Waals surface area contributed by atoms with Gasteiger partial charge in [-0.25, -0.2) is 4.79 Å². The highest BCUT2D eigenvalue weighted by Crippen LogP contribution is 1.99. The Labute approximate surface area is 60.0 Å². The van der Waals surface area contributed by atoms with Crippen LogP contribution in [0.15, 0.2) is 0 Å². The summed E-state index contributed by atoms with van der Waals surface area (Å²) < 4.78 is 4.32. The molecule has 0 aromatic rings. The van der Waals surface area contributed by atoms with Crippen LogP contribution in [0.3, 0.4) is 0 Å². The summed E-state index contributed by atoms with van der Waals surface area (Å²) in [4.78, 5) is 9.93. The monoisotopic (exact) mass is 142 g/mol. The first kappa shape index (κ1) is 8.83. The number of carboxylic acid groups (broad SMARTS) is 1. The number of rotatable bonds is 3. The predicted molar refractivity (Wildman–Crippen MR) is 36.6 cm³/mol. The fourth-order valence-electron chi connectivity index (χ4n) is 0.560. The number of terminal acetylenes is 1. The molecule has 3 heteroatoms. The summed E-state index contributed by atoms with van der Waals surface area (Å²) >= 11 is 0. The first-order valence-electron chi connectivity index (χ1n) is 3.06. The Bertz CT molecular complexity index is 145. The van der Waals surface area contributed by atoms with Crippen molar-refractivity contribution in [2.24, 2.45) is 0 Å². The summed E-state index contributed by atoms with van der Waals surface area (Å²) in [7, 11) is 0. The van der Waals surface area contributed by atoms with E-state index in [2.05, 4.69) is 10.7 Å². The number of hydrogen-bond acceptors (Lipinski definition) is 2. The molecule has 0 aromatic carbocycles. The molecule has 0 aliphatic rings. The lowest BCUT2D eigenvalue weighted by atomic mass is 10.2. The second kappa shape index (κ2) is 4.68. The average Bonchev–Trinajstić information content (AvgIpc) is 1.86. The SMILES string of the molecule is C#CC(CCC)OC(=O)O. The van der Waals surface area contributed by atoms with Crippen molar-refractivity contribution in [2.75, 3.05) is 0 Å². The van der Waals surface area contributed by atoms with Crippen molar-refractivity contribution in [3.05, 3.63) is 0 Å². The largest absolute Gasteiger partial charge is 0.507 e. The van der Waals surface area contributed by atoms with Crippen LogP contribution < -0.4 is 0 Å². The molecule has 0 aliphatic carbocycles. The van der Waals surface area contributed by atoms with Crippen LogP contribution in [0.5, 0.6) is 0 Å². The molecule has 0 heterocycles. The van der Waals surface area contributed by atoms with Crippen molar-refractivity contribution in [3.63, 3.8) is 0 Å². The van der Waals surface area contributed by atoms with Crippen molar-refractivity contribution < 1.29 is 14.6 Å². The molecule has 1 N–H and O–H groups in total. The van der Waals surface area contributed by atoms with Crippen LogP contribution >= 0.6 is 0 Å². The molecule has 56 valence electrons. The van der Waals surface area contributed by atoms with Gasteiger partial charge in [-0.3, -0.25) is 0 Å². The molecule has 3 nitrogen and oxygen atoms in total. The molecule has 0 aromatic heterocycles. The van der Waals surface area contributed by atoms with Gasteiger partial charge in [0, 0.05) is 0 Å². The van der Waals surface area contributed by atoms with Gasteiger partial charge in [0.2, 0.25) is 0 Å². The van der Waals surface area contributed by atoms with Crippen molar-refractivity contribution in [1.82, 2.24) is 0 Å². The Kier molecular flexibility index (Phi) is 4.14. The van der Waals surface area contributed by atoms with E-state index in [0.717, 1.165) is 6.42 Å². The van der Waals surface area contributed by atoms with E-state index in [1.54, 1.807) is 0 Å². The highest BCUT2D eigenvalue weighted by molar-refractivity contribution is 5.57. The van der Waals surface area contributed by atoms with Crippen LogP contribution in [-0.2, 0) is 4.74 Å². The Morgan fingerprint density at radius 1 is 1.90 bits per heavy atom. The molecule has 0 amide bonds. The predicted octanol–water partition coefficient (Wildman–Crippen LogP) is 1.48. The standard InChI is InChI=1S/C7H10O3/c1-3-5-6(4-2)10-7(8)9/h2,6H,3,5H2,1H3,(H,8,9).